The molecular weight excluding hydrogens is 316 g/mol. The zero-order valence-electron chi connectivity index (χ0n) is 14.0. The molecule has 5 nitrogen and oxygen atoms in total. The number of hydrogen-bond acceptors (Lipinski definition) is 3. The van der Waals surface area contributed by atoms with Crippen molar-refractivity contribution >= 4 is 17.5 Å². The standard InChI is InChI=1S/C20H22N2O3/c21-18(23)20(12-13-20)19(24)22-16-10-4-5-11-17(16)25-14-6-9-15-7-2-1-3-8-15/h1-5,7-8,10-11H,6,9,12-14H2,(H2,21,23)(H,22,24). The summed E-state index contributed by atoms with van der Waals surface area (Å²) in [6.45, 7) is 0.544. The van der Waals surface area contributed by atoms with Gasteiger partial charge in [-0.2, -0.15) is 0 Å². The Labute approximate surface area is 147 Å². The third-order valence-corrected chi connectivity index (χ3v) is 4.50. The van der Waals surface area contributed by atoms with Gasteiger partial charge in [0, 0.05) is 0 Å². The number of anilines is 1. The van der Waals surface area contributed by atoms with Gasteiger partial charge in [0.2, 0.25) is 11.8 Å². The summed E-state index contributed by atoms with van der Waals surface area (Å²) in [4.78, 5) is 23.8. The molecular formula is C20H22N2O3. The highest BCUT2D eigenvalue weighted by Crippen LogP contribution is 2.46. The molecule has 0 aliphatic heterocycles. The second-order valence-electron chi connectivity index (χ2n) is 6.33. The molecule has 1 saturated carbocycles. The highest BCUT2D eigenvalue weighted by atomic mass is 16.5. The van der Waals surface area contributed by atoms with Gasteiger partial charge in [-0.1, -0.05) is 42.5 Å². The maximum absolute atomic E-state index is 12.3. The first-order valence-corrected chi connectivity index (χ1v) is 8.49. The number of aryl methyl sites for hydroxylation is 1. The van der Waals surface area contributed by atoms with Gasteiger partial charge in [0.05, 0.1) is 12.3 Å². The van der Waals surface area contributed by atoms with E-state index in [0.717, 1.165) is 12.8 Å². The van der Waals surface area contributed by atoms with E-state index in [9.17, 15) is 9.59 Å². The average molecular weight is 338 g/mol. The van der Waals surface area contributed by atoms with E-state index in [4.69, 9.17) is 10.5 Å². The second-order valence-corrected chi connectivity index (χ2v) is 6.33. The monoisotopic (exact) mass is 338 g/mol. The molecule has 0 aromatic heterocycles. The molecule has 2 aromatic carbocycles. The number of carbonyl (C=O) groups is 2. The summed E-state index contributed by atoms with van der Waals surface area (Å²) in [5.74, 6) is -0.309. The number of ether oxygens (including phenoxy) is 1. The van der Waals surface area contributed by atoms with Crippen LogP contribution < -0.4 is 15.8 Å². The van der Waals surface area contributed by atoms with E-state index < -0.39 is 11.3 Å². The number of hydrogen-bond donors (Lipinski definition) is 2. The predicted molar refractivity (Wildman–Crippen MR) is 96.2 cm³/mol. The van der Waals surface area contributed by atoms with Crippen molar-refractivity contribution in [3.8, 4) is 5.75 Å². The molecule has 0 bridgehead atoms. The van der Waals surface area contributed by atoms with Crippen molar-refractivity contribution in [3.05, 3.63) is 60.2 Å². The molecule has 3 rings (SSSR count). The zero-order valence-corrected chi connectivity index (χ0v) is 14.0. The van der Waals surface area contributed by atoms with Crippen LogP contribution >= 0.6 is 0 Å². The maximum Gasteiger partial charge on any atom is 0.240 e. The Bertz CT molecular complexity index is 755. The first-order valence-electron chi connectivity index (χ1n) is 8.49. The lowest BCUT2D eigenvalue weighted by molar-refractivity contribution is -0.132. The van der Waals surface area contributed by atoms with Gasteiger partial charge in [0.1, 0.15) is 11.2 Å². The fourth-order valence-electron chi connectivity index (χ4n) is 2.75. The topological polar surface area (TPSA) is 81.4 Å². The molecule has 130 valence electrons. The van der Waals surface area contributed by atoms with Crippen LogP contribution in [-0.4, -0.2) is 18.4 Å². The number of nitrogens with one attached hydrogen (secondary N) is 1. The molecule has 0 radical (unpaired) electrons. The molecule has 25 heavy (non-hydrogen) atoms. The lowest BCUT2D eigenvalue weighted by Crippen LogP contribution is -2.36. The third kappa shape index (κ3) is 3.99. The number of benzene rings is 2. The highest BCUT2D eigenvalue weighted by Gasteiger charge is 2.55. The molecule has 0 saturated heterocycles. The fraction of sp³-hybridized carbons (Fsp3) is 0.300. The number of nitrogens with two attached hydrogens (primary N) is 1. The summed E-state index contributed by atoms with van der Waals surface area (Å²) in [7, 11) is 0. The van der Waals surface area contributed by atoms with Crippen LogP contribution in [-0.2, 0) is 16.0 Å². The second kappa shape index (κ2) is 7.38. The summed E-state index contributed by atoms with van der Waals surface area (Å²) < 4.78 is 5.82. The van der Waals surface area contributed by atoms with Gasteiger partial charge in [-0.25, -0.2) is 0 Å². The molecule has 0 spiro atoms. The molecule has 0 unspecified atom stereocenters. The quantitative estimate of drug-likeness (QED) is 0.573. The Kier molecular flexibility index (Phi) is 5.03. The molecule has 1 aliphatic carbocycles. The summed E-state index contributed by atoms with van der Waals surface area (Å²) >= 11 is 0. The lowest BCUT2D eigenvalue weighted by Gasteiger charge is -2.15. The first kappa shape index (κ1) is 17.0. The Balaban J connectivity index is 1.56. The summed E-state index contributed by atoms with van der Waals surface area (Å²) in [6, 6.07) is 17.5. The van der Waals surface area contributed by atoms with Crippen molar-refractivity contribution in [2.45, 2.75) is 25.7 Å². The normalized spacial score (nSPS) is 14.6. The van der Waals surface area contributed by atoms with Gasteiger partial charge in [-0.3, -0.25) is 9.59 Å². The summed E-state index contributed by atoms with van der Waals surface area (Å²) in [5, 5.41) is 2.79. The first-order chi connectivity index (χ1) is 12.1. The van der Waals surface area contributed by atoms with E-state index in [1.165, 1.54) is 5.56 Å². The Morgan fingerprint density at radius 3 is 2.40 bits per heavy atom. The van der Waals surface area contributed by atoms with Crippen LogP contribution in [0.1, 0.15) is 24.8 Å². The van der Waals surface area contributed by atoms with Crippen LogP contribution in [0.3, 0.4) is 0 Å². The van der Waals surface area contributed by atoms with Crippen LogP contribution in [0.25, 0.3) is 0 Å². The van der Waals surface area contributed by atoms with Crippen LogP contribution in [0.4, 0.5) is 5.69 Å². The Morgan fingerprint density at radius 2 is 1.72 bits per heavy atom. The minimum absolute atomic E-state index is 0.347. The maximum atomic E-state index is 12.3. The van der Waals surface area contributed by atoms with Crippen molar-refractivity contribution < 1.29 is 14.3 Å². The van der Waals surface area contributed by atoms with Gasteiger partial charge in [0.25, 0.3) is 0 Å². The zero-order chi connectivity index (χ0) is 17.7. The van der Waals surface area contributed by atoms with Crippen molar-refractivity contribution in [2.75, 3.05) is 11.9 Å². The Hall–Kier alpha value is -2.82. The van der Waals surface area contributed by atoms with Crippen molar-refractivity contribution in [3.63, 3.8) is 0 Å². The number of rotatable bonds is 8. The highest BCUT2D eigenvalue weighted by molar-refractivity contribution is 6.12. The molecule has 1 fully saturated rings. The predicted octanol–water partition coefficient (Wildman–Crippen LogP) is 2.90. The van der Waals surface area contributed by atoms with E-state index >= 15 is 0 Å². The smallest absolute Gasteiger partial charge is 0.240 e. The number of carbonyl (C=O) groups excluding carboxylic acids is 2. The van der Waals surface area contributed by atoms with Crippen LogP contribution in [0.2, 0.25) is 0 Å². The molecule has 1 aliphatic rings. The van der Waals surface area contributed by atoms with Gasteiger partial charge in [0.15, 0.2) is 0 Å². The average Bonchev–Trinajstić information content (AvgIpc) is 3.43. The molecule has 2 aromatic rings. The number of amides is 2. The van der Waals surface area contributed by atoms with E-state index in [-0.39, 0.29) is 5.91 Å². The van der Waals surface area contributed by atoms with Crippen molar-refractivity contribution in [1.29, 1.82) is 0 Å². The van der Waals surface area contributed by atoms with E-state index in [0.29, 0.717) is 30.9 Å². The van der Waals surface area contributed by atoms with Gasteiger partial charge in [-0.05, 0) is 43.4 Å². The van der Waals surface area contributed by atoms with Crippen LogP contribution in [0.15, 0.2) is 54.6 Å². The molecule has 0 heterocycles. The van der Waals surface area contributed by atoms with Gasteiger partial charge < -0.3 is 15.8 Å². The van der Waals surface area contributed by atoms with Crippen LogP contribution in [0, 0.1) is 5.41 Å². The molecule has 0 atom stereocenters. The summed E-state index contributed by atoms with van der Waals surface area (Å²) in [6.07, 6.45) is 2.82. The minimum Gasteiger partial charge on any atom is -0.491 e. The van der Waals surface area contributed by atoms with E-state index in [1.54, 1.807) is 6.07 Å². The number of primary amides is 1. The van der Waals surface area contributed by atoms with E-state index in [2.05, 4.69) is 17.4 Å². The third-order valence-electron chi connectivity index (χ3n) is 4.50. The van der Waals surface area contributed by atoms with Crippen molar-refractivity contribution in [2.24, 2.45) is 11.1 Å². The lowest BCUT2D eigenvalue weighted by atomic mass is 10.1. The fourth-order valence-corrected chi connectivity index (χ4v) is 2.75. The van der Waals surface area contributed by atoms with Gasteiger partial charge in [-0.15, -0.1) is 0 Å². The van der Waals surface area contributed by atoms with Crippen LogP contribution in [0.5, 0.6) is 5.75 Å². The SMILES string of the molecule is NC(=O)C1(C(=O)Nc2ccccc2OCCCc2ccccc2)CC1. The Morgan fingerprint density at radius 1 is 1.04 bits per heavy atom. The minimum atomic E-state index is -1.04. The van der Waals surface area contributed by atoms with Crippen molar-refractivity contribution in [1.82, 2.24) is 0 Å². The number of para-hydroxylation sites is 2. The largest absolute Gasteiger partial charge is 0.491 e. The van der Waals surface area contributed by atoms with E-state index in [1.807, 2.05) is 36.4 Å². The van der Waals surface area contributed by atoms with Gasteiger partial charge >= 0.3 is 0 Å². The molecule has 2 amide bonds. The summed E-state index contributed by atoms with van der Waals surface area (Å²) in [5.41, 5.74) is 6.14. The molecule has 5 heteroatoms. The molecule has 3 N–H and O–H groups in total.